The number of rotatable bonds is 9. The molecular weight excluding hydrogens is 406 g/mol. The molecule has 0 saturated carbocycles. The van der Waals surface area contributed by atoms with E-state index in [1.807, 2.05) is 73.7 Å². The lowest BCUT2D eigenvalue weighted by Gasteiger charge is -2.17. The smallest absolute Gasteiger partial charge is 0.407 e. The first-order chi connectivity index (χ1) is 15.6. The zero-order chi connectivity index (χ0) is 22.8. The van der Waals surface area contributed by atoms with Crippen molar-refractivity contribution in [1.29, 1.82) is 0 Å². The van der Waals surface area contributed by atoms with Crippen LogP contribution in [-0.2, 0) is 16.0 Å². The van der Waals surface area contributed by atoms with Gasteiger partial charge in [-0.15, -0.1) is 0 Å². The van der Waals surface area contributed by atoms with Gasteiger partial charge in [0.05, 0.1) is 19.4 Å². The number of alkyl carbamates (subject to hydrolysis) is 1. The summed E-state index contributed by atoms with van der Waals surface area (Å²) in [5.74, 6) is 0.228. The molecule has 0 unspecified atom stereocenters. The summed E-state index contributed by atoms with van der Waals surface area (Å²) in [4.78, 5) is 24.8. The van der Waals surface area contributed by atoms with Gasteiger partial charge >= 0.3 is 6.09 Å². The van der Waals surface area contributed by atoms with Crippen LogP contribution < -0.4 is 15.5 Å². The molecule has 166 valence electrons. The van der Waals surface area contributed by atoms with Crippen molar-refractivity contribution in [2.45, 2.75) is 26.3 Å². The average molecular weight is 434 g/mol. The highest BCUT2D eigenvalue weighted by molar-refractivity contribution is 6.02. The molecule has 2 N–H and O–H groups in total. The van der Waals surface area contributed by atoms with Crippen molar-refractivity contribution in [2.24, 2.45) is 5.10 Å². The zero-order valence-corrected chi connectivity index (χ0v) is 18.2. The van der Waals surface area contributed by atoms with E-state index in [9.17, 15) is 9.59 Å². The van der Waals surface area contributed by atoms with Crippen LogP contribution in [0.5, 0.6) is 5.75 Å². The fourth-order valence-corrected chi connectivity index (χ4v) is 3.30. The van der Waals surface area contributed by atoms with Gasteiger partial charge in [0, 0.05) is 12.0 Å². The first-order valence-corrected chi connectivity index (χ1v) is 10.6. The van der Waals surface area contributed by atoms with Gasteiger partial charge < -0.3 is 14.8 Å². The molecule has 0 aromatic heterocycles. The van der Waals surface area contributed by atoms with Gasteiger partial charge in [-0.1, -0.05) is 60.7 Å². The Morgan fingerprint density at radius 2 is 1.72 bits per heavy atom. The number of hydrogen-bond donors (Lipinski definition) is 2. The molecule has 3 aromatic rings. The van der Waals surface area contributed by atoms with E-state index in [4.69, 9.17) is 9.47 Å². The highest BCUT2D eigenvalue weighted by Crippen LogP contribution is 2.26. The van der Waals surface area contributed by atoms with Gasteiger partial charge in [0.25, 0.3) is 5.91 Å². The third kappa shape index (κ3) is 6.07. The van der Waals surface area contributed by atoms with E-state index in [0.717, 1.165) is 21.9 Å². The molecule has 2 amide bonds. The van der Waals surface area contributed by atoms with Gasteiger partial charge in [-0.05, 0) is 36.2 Å². The molecule has 0 radical (unpaired) electrons. The van der Waals surface area contributed by atoms with Crippen LogP contribution in [0.15, 0.2) is 71.8 Å². The fraction of sp³-hybridized carbons (Fsp3) is 0.240. The number of nitrogens with zero attached hydrogens (tertiary/aromatic N) is 1. The second-order valence-corrected chi connectivity index (χ2v) is 6.97. The Hall–Kier alpha value is -3.87. The highest BCUT2D eigenvalue weighted by Gasteiger charge is 2.21. The first-order valence-electron chi connectivity index (χ1n) is 10.6. The van der Waals surface area contributed by atoms with Crippen LogP contribution in [0, 0.1) is 0 Å². The van der Waals surface area contributed by atoms with Crippen LogP contribution in [0.1, 0.15) is 25.0 Å². The molecule has 0 bridgehead atoms. The Bertz CT molecular complexity index is 1080. The summed E-state index contributed by atoms with van der Waals surface area (Å²) in [6.07, 6.45) is 1.22. The molecule has 32 heavy (non-hydrogen) atoms. The number of carbonyl (C=O) groups excluding carboxylic acids is 2. The van der Waals surface area contributed by atoms with Crippen LogP contribution in [-0.4, -0.2) is 37.5 Å². The summed E-state index contributed by atoms with van der Waals surface area (Å²) >= 11 is 0. The number of nitrogens with one attached hydrogen (secondary N) is 2. The van der Waals surface area contributed by atoms with Crippen LogP contribution >= 0.6 is 0 Å². The van der Waals surface area contributed by atoms with Gasteiger partial charge in [-0.2, -0.15) is 5.10 Å². The maximum absolute atomic E-state index is 12.8. The summed E-state index contributed by atoms with van der Waals surface area (Å²) < 4.78 is 10.7. The standard InChI is InChI=1S/C25H27N3O4/c1-3-31-23-15-14-19-12-8-9-13-20(19)21(23)17-26-28-24(29)22(27-25(30)32-4-2)16-18-10-6-5-7-11-18/h5-15,17,22H,3-4,16H2,1-2H3,(H,27,30)(H,28,29)/b26-17-/t22-/m1/s1. The SMILES string of the molecule is CCOC(=O)N[C@H](Cc1ccccc1)C(=O)N/N=C\c1c(OCC)ccc2ccccc12. The maximum atomic E-state index is 12.8. The molecule has 3 rings (SSSR count). The minimum Gasteiger partial charge on any atom is -0.493 e. The van der Waals surface area contributed by atoms with Gasteiger partial charge in [-0.3, -0.25) is 4.79 Å². The zero-order valence-electron chi connectivity index (χ0n) is 18.2. The Balaban J connectivity index is 1.79. The summed E-state index contributed by atoms with van der Waals surface area (Å²) in [6.45, 7) is 4.34. The van der Waals surface area contributed by atoms with Crippen molar-refractivity contribution in [3.05, 3.63) is 77.9 Å². The number of amides is 2. The third-order valence-corrected chi connectivity index (χ3v) is 4.77. The number of hydrogen-bond acceptors (Lipinski definition) is 5. The molecule has 0 fully saturated rings. The molecule has 1 atom stereocenters. The monoisotopic (exact) mass is 433 g/mol. The molecule has 7 nitrogen and oxygen atoms in total. The van der Waals surface area contributed by atoms with Crippen molar-refractivity contribution in [2.75, 3.05) is 13.2 Å². The highest BCUT2D eigenvalue weighted by atomic mass is 16.5. The van der Waals surface area contributed by atoms with Crippen molar-refractivity contribution in [3.63, 3.8) is 0 Å². The molecule has 3 aromatic carbocycles. The van der Waals surface area contributed by atoms with Gasteiger partial charge in [0.2, 0.25) is 0 Å². The molecule has 0 aliphatic heterocycles. The lowest BCUT2D eigenvalue weighted by molar-refractivity contribution is -0.123. The summed E-state index contributed by atoms with van der Waals surface area (Å²) in [5, 5.41) is 8.75. The molecule has 0 saturated heterocycles. The summed E-state index contributed by atoms with van der Waals surface area (Å²) in [5.41, 5.74) is 4.21. The summed E-state index contributed by atoms with van der Waals surface area (Å²) in [7, 11) is 0. The van der Waals surface area contributed by atoms with Gasteiger partial charge in [0.15, 0.2) is 0 Å². The molecule has 0 heterocycles. The minimum atomic E-state index is -0.840. The Morgan fingerprint density at radius 3 is 2.47 bits per heavy atom. The van der Waals surface area contributed by atoms with Crippen LogP contribution in [0.25, 0.3) is 10.8 Å². The Morgan fingerprint density at radius 1 is 0.969 bits per heavy atom. The number of carbonyl (C=O) groups is 2. The van der Waals surface area contributed by atoms with E-state index >= 15 is 0 Å². The molecule has 0 aliphatic rings. The maximum Gasteiger partial charge on any atom is 0.407 e. The van der Waals surface area contributed by atoms with E-state index in [0.29, 0.717) is 18.8 Å². The summed E-state index contributed by atoms with van der Waals surface area (Å²) in [6, 6.07) is 20.3. The topological polar surface area (TPSA) is 89.0 Å². The Labute approximate surface area is 187 Å². The van der Waals surface area contributed by atoms with E-state index in [1.165, 1.54) is 0 Å². The van der Waals surface area contributed by atoms with E-state index in [-0.39, 0.29) is 6.61 Å². The van der Waals surface area contributed by atoms with Crippen LogP contribution in [0.4, 0.5) is 4.79 Å². The predicted molar refractivity (Wildman–Crippen MR) is 125 cm³/mol. The van der Waals surface area contributed by atoms with Crippen molar-refractivity contribution < 1.29 is 19.1 Å². The number of ether oxygens (including phenoxy) is 2. The predicted octanol–water partition coefficient (Wildman–Crippen LogP) is 4.05. The molecule has 0 aliphatic carbocycles. The van der Waals surface area contributed by atoms with Crippen molar-refractivity contribution in [3.8, 4) is 5.75 Å². The number of fused-ring (bicyclic) bond motifs is 1. The molecular formula is C25H27N3O4. The van der Waals surface area contributed by atoms with E-state index in [1.54, 1.807) is 13.1 Å². The van der Waals surface area contributed by atoms with Gasteiger partial charge in [0.1, 0.15) is 11.8 Å². The second kappa shape index (κ2) is 11.5. The largest absolute Gasteiger partial charge is 0.493 e. The van der Waals surface area contributed by atoms with Crippen molar-refractivity contribution >= 4 is 29.0 Å². The number of hydrazone groups is 1. The van der Waals surface area contributed by atoms with Crippen LogP contribution in [0.3, 0.4) is 0 Å². The first kappa shape index (κ1) is 22.8. The van der Waals surface area contributed by atoms with Gasteiger partial charge in [-0.25, -0.2) is 10.2 Å². The molecule has 7 heteroatoms. The lowest BCUT2D eigenvalue weighted by Crippen LogP contribution is -2.47. The third-order valence-electron chi connectivity index (χ3n) is 4.77. The minimum absolute atomic E-state index is 0.213. The average Bonchev–Trinajstić information content (AvgIpc) is 2.80. The van der Waals surface area contributed by atoms with E-state index in [2.05, 4.69) is 15.8 Å². The fourth-order valence-electron chi connectivity index (χ4n) is 3.30. The molecule has 0 spiro atoms. The van der Waals surface area contributed by atoms with Crippen LogP contribution in [0.2, 0.25) is 0 Å². The van der Waals surface area contributed by atoms with E-state index < -0.39 is 18.0 Å². The normalized spacial score (nSPS) is 11.8. The lowest BCUT2D eigenvalue weighted by atomic mass is 10.0. The number of benzene rings is 3. The second-order valence-electron chi connectivity index (χ2n) is 6.97. The quantitative estimate of drug-likeness (QED) is 0.394. The Kier molecular flexibility index (Phi) is 8.20. The van der Waals surface area contributed by atoms with Crippen molar-refractivity contribution in [1.82, 2.24) is 10.7 Å².